The van der Waals surface area contributed by atoms with E-state index in [1.807, 2.05) is 0 Å². The van der Waals surface area contributed by atoms with Gasteiger partial charge in [0.25, 0.3) is 11.8 Å². The van der Waals surface area contributed by atoms with Gasteiger partial charge in [-0.25, -0.2) is 0 Å². The predicted octanol–water partition coefficient (Wildman–Crippen LogP) is 5.10. The number of carbonyl (C=O) groups excluding carboxylic acids is 2. The van der Waals surface area contributed by atoms with E-state index in [4.69, 9.17) is 46.4 Å². The molecule has 0 atom stereocenters. The molecular weight excluding hydrogens is 368 g/mol. The lowest BCUT2D eigenvalue weighted by Gasteiger charge is -2.15. The van der Waals surface area contributed by atoms with Crippen LogP contribution in [0.25, 0.3) is 0 Å². The molecule has 2 aromatic carbocycles. The van der Waals surface area contributed by atoms with Crippen molar-refractivity contribution < 1.29 is 9.59 Å². The summed E-state index contributed by atoms with van der Waals surface area (Å²) < 4.78 is 0. The van der Waals surface area contributed by atoms with Crippen molar-refractivity contribution in [2.75, 3.05) is 0 Å². The Bertz CT molecular complexity index is 758. The number of hydrogen-bond donors (Lipinski definition) is 0. The van der Waals surface area contributed by atoms with Gasteiger partial charge < -0.3 is 0 Å². The topological polar surface area (TPSA) is 37.4 Å². The molecule has 0 radical (unpaired) electrons. The van der Waals surface area contributed by atoms with Crippen LogP contribution in [0.2, 0.25) is 20.1 Å². The number of carbonyl (C=O) groups is 2. The van der Waals surface area contributed by atoms with E-state index in [1.54, 1.807) is 18.2 Å². The van der Waals surface area contributed by atoms with Crippen molar-refractivity contribution >= 4 is 58.2 Å². The van der Waals surface area contributed by atoms with Crippen LogP contribution >= 0.6 is 46.4 Å². The average Bonchev–Trinajstić information content (AvgIpc) is 2.68. The molecule has 0 aliphatic carbocycles. The van der Waals surface area contributed by atoms with Crippen molar-refractivity contribution in [2.45, 2.75) is 6.54 Å². The zero-order chi connectivity index (χ0) is 16.0. The highest BCUT2D eigenvalue weighted by Gasteiger charge is 2.36. The van der Waals surface area contributed by atoms with Gasteiger partial charge in [-0.15, -0.1) is 0 Å². The van der Waals surface area contributed by atoms with Crippen LogP contribution in [0.1, 0.15) is 26.3 Å². The molecule has 0 unspecified atom stereocenters. The number of hydrogen-bond acceptors (Lipinski definition) is 2. The maximum Gasteiger partial charge on any atom is 0.261 e. The third-order valence-electron chi connectivity index (χ3n) is 3.39. The molecule has 0 bridgehead atoms. The highest BCUT2D eigenvalue weighted by molar-refractivity contribution is 6.43. The minimum absolute atomic E-state index is 0.0138. The van der Waals surface area contributed by atoms with Crippen LogP contribution in [-0.4, -0.2) is 16.7 Å². The Morgan fingerprint density at radius 1 is 0.773 bits per heavy atom. The molecule has 22 heavy (non-hydrogen) atoms. The molecule has 112 valence electrons. The van der Waals surface area contributed by atoms with Crippen molar-refractivity contribution in [1.29, 1.82) is 0 Å². The lowest BCUT2D eigenvalue weighted by atomic mass is 10.1. The van der Waals surface area contributed by atoms with E-state index < -0.39 is 11.8 Å². The van der Waals surface area contributed by atoms with E-state index in [0.717, 1.165) is 4.90 Å². The Morgan fingerprint density at radius 3 is 1.68 bits per heavy atom. The van der Waals surface area contributed by atoms with E-state index in [9.17, 15) is 9.59 Å². The van der Waals surface area contributed by atoms with Gasteiger partial charge in [-0.3, -0.25) is 14.5 Å². The highest BCUT2D eigenvalue weighted by atomic mass is 35.5. The van der Waals surface area contributed by atoms with E-state index in [1.165, 1.54) is 12.1 Å². The van der Waals surface area contributed by atoms with Crippen molar-refractivity contribution in [3.8, 4) is 0 Å². The molecule has 0 saturated heterocycles. The SMILES string of the molecule is O=C1c2cc(Cl)c(Cl)cc2C(=O)N1Cc1c(Cl)cccc1Cl. The van der Waals surface area contributed by atoms with Gasteiger partial charge in [0.1, 0.15) is 0 Å². The maximum atomic E-state index is 12.4. The molecule has 1 heterocycles. The van der Waals surface area contributed by atoms with Crippen LogP contribution in [-0.2, 0) is 6.54 Å². The standard InChI is InChI=1S/C15H7Cl4NO2/c16-10-2-1-3-11(17)9(10)6-20-14(21)7-4-12(18)13(19)5-8(7)15(20)22/h1-5H,6H2. The van der Waals surface area contributed by atoms with Crippen LogP contribution in [0.4, 0.5) is 0 Å². The average molecular weight is 375 g/mol. The molecule has 2 amide bonds. The third-order valence-corrected chi connectivity index (χ3v) is 4.82. The second-order valence-corrected chi connectivity index (χ2v) is 6.34. The molecule has 7 heteroatoms. The van der Waals surface area contributed by atoms with Crippen LogP contribution in [0.5, 0.6) is 0 Å². The number of benzene rings is 2. The molecule has 0 spiro atoms. The van der Waals surface area contributed by atoms with E-state index in [0.29, 0.717) is 15.6 Å². The van der Waals surface area contributed by atoms with Crippen molar-refractivity contribution in [2.24, 2.45) is 0 Å². The Labute approximate surface area is 146 Å². The van der Waals surface area contributed by atoms with Gasteiger partial charge in [-0.05, 0) is 24.3 Å². The van der Waals surface area contributed by atoms with Gasteiger partial charge >= 0.3 is 0 Å². The molecule has 3 nitrogen and oxygen atoms in total. The molecule has 0 N–H and O–H groups in total. The minimum Gasteiger partial charge on any atom is -0.270 e. The lowest BCUT2D eigenvalue weighted by molar-refractivity contribution is 0.0642. The molecular formula is C15H7Cl4NO2. The summed E-state index contributed by atoms with van der Waals surface area (Å²) in [7, 11) is 0. The van der Waals surface area contributed by atoms with E-state index in [-0.39, 0.29) is 27.7 Å². The molecule has 0 fully saturated rings. The Balaban J connectivity index is 2.01. The van der Waals surface area contributed by atoms with Crippen molar-refractivity contribution in [3.63, 3.8) is 0 Å². The fourth-order valence-corrected chi connectivity index (χ4v) is 3.11. The molecule has 2 aromatic rings. The molecule has 1 aliphatic heterocycles. The quantitative estimate of drug-likeness (QED) is 0.686. The number of rotatable bonds is 2. The second kappa shape index (κ2) is 5.74. The summed E-state index contributed by atoms with van der Waals surface area (Å²) in [5.74, 6) is -0.899. The third kappa shape index (κ3) is 2.48. The van der Waals surface area contributed by atoms with Gasteiger partial charge in [-0.1, -0.05) is 52.5 Å². The predicted molar refractivity (Wildman–Crippen MR) is 87.1 cm³/mol. The number of halogens is 4. The monoisotopic (exact) mass is 373 g/mol. The first-order valence-electron chi connectivity index (χ1n) is 6.18. The van der Waals surface area contributed by atoms with Crippen LogP contribution in [0.15, 0.2) is 30.3 Å². The largest absolute Gasteiger partial charge is 0.270 e. The van der Waals surface area contributed by atoms with Crippen molar-refractivity contribution in [1.82, 2.24) is 4.90 Å². The van der Waals surface area contributed by atoms with Gasteiger partial charge in [-0.2, -0.15) is 0 Å². The number of fused-ring (bicyclic) bond motifs is 1. The summed E-state index contributed by atoms with van der Waals surface area (Å²) in [6.45, 7) is -0.0138. The molecule has 0 aromatic heterocycles. The number of amides is 2. The van der Waals surface area contributed by atoms with Gasteiger partial charge in [0.15, 0.2) is 0 Å². The zero-order valence-corrected chi connectivity index (χ0v) is 13.9. The van der Waals surface area contributed by atoms with E-state index >= 15 is 0 Å². The first-order chi connectivity index (χ1) is 10.4. The second-order valence-electron chi connectivity index (χ2n) is 4.71. The van der Waals surface area contributed by atoms with Gasteiger partial charge in [0.05, 0.1) is 27.7 Å². The first-order valence-corrected chi connectivity index (χ1v) is 7.69. The highest BCUT2D eigenvalue weighted by Crippen LogP contribution is 2.34. The summed E-state index contributed by atoms with van der Waals surface area (Å²) in [5.41, 5.74) is 0.961. The Morgan fingerprint density at radius 2 is 1.23 bits per heavy atom. The first kappa shape index (κ1) is 15.6. The Kier molecular flexibility index (Phi) is 4.08. The summed E-state index contributed by atoms with van der Waals surface area (Å²) >= 11 is 24.0. The molecule has 1 aliphatic rings. The Hall–Kier alpha value is -1.26. The fraction of sp³-hybridized carbons (Fsp3) is 0.0667. The zero-order valence-electron chi connectivity index (χ0n) is 10.9. The smallest absolute Gasteiger partial charge is 0.261 e. The molecule has 0 saturated carbocycles. The fourth-order valence-electron chi connectivity index (χ4n) is 2.27. The van der Waals surface area contributed by atoms with E-state index in [2.05, 4.69) is 0 Å². The summed E-state index contributed by atoms with van der Waals surface area (Å²) in [5, 5.41) is 1.22. The van der Waals surface area contributed by atoms with Crippen LogP contribution in [0, 0.1) is 0 Å². The van der Waals surface area contributed by atoms with Gasteiger partial charge in [0.2, 0.25) is 0 Å². The normalized spacial score (nSPS) is 13.7. The number of nitrogens with zero attached hydrogens (tertiary/aromatic N) is 1. The van der Waals surface area contributed by atoms with Crippen LogP contribution in [0.3, 0.4) is 0 Å². The van der Waals surface area contributed by atoms with Crippen molar-refractivity contribution in [3.05, 3.63) is 67.1 Å². The summed E-state index contributed by atoms with van der Waals surface area (Å²) in [6.07, 6.45) is 0. The molecule has 3 rings (SSSR count). The summed E-state index contributed by atoms with van der Waals surface area (Å²) in [6, 6.07) is 7.78. The van der Waals surface area contributed by atoms with Gasteiger partial charge in [0, 0.05) is 15.6 Å². The summed E-state index contributed by atoms with van der Waals surface area (Å²) in [4.78, 5) is 25.9. The van der Waals surface area contributed by atoms with Crippen LogP contribution < -0.4 is 0 Å². The maximum absolute atomic E-state index is 12.4. The number of imide groups is 1. The lowest BCUT2D eigenvalue weighted by Crippen LogP contribution is -2.29. The minimum atomic E-state index is -0.449.